The van der Waals surface area contributed by atoms with Crippen LogP contribution in [-0.2, 0) is 9.59 Å². The molecule has 0 fully saturated rings. The topological polar surface area (TPSA) is 78.8 Å². The third-order valence-electron chi connectivity index (χ3n) is 2.78. The number of nitrogens with one attached hydrogen (secondary N) is 1. The number of fused-ring (bicyclic) bond motifs is 1. The van der Waals surface area contributed by atoms with Crippen molar-refractivity contribution in [2.75, 3.05) is 0 Å². The van der Waals surface area contributed by atoms with E-state index in [1.165, 1.54) is 6.92 Å². The molecule has 2 rings (SSSR count). The van der Waals surface area contributed by atoms with E-state index in [1.807, 2.05) is 6.07 Å². The van der Waals surface area contributed by atoms with Crippen molar-refractivity contribution in [3.05, 3.63) is 40.6 Å². The summed E-state index contributed by atoms with van der Waals surface area (Å²) in [7, 11) is 0. The van der Waals surface area contributed by atoms with Crippen molar-refractivity contribution < 1.29 is 14.7 Å². The van der Waals surface area contributed by atoms with Gasteiger partial charge in [0.15, 0.2) is 0 Å². The van der Waals surface area contributed by atoms with Gasteiger partial charge in [-0.05, 0) is 17.7 Å². The molecule has 6 heteroatoms. The van der Waals surface area contributed by atoms with Crippen LogP contribution in [0.5, 0.6) is 0 Å². The van der Waals surface area contributed by atoms with Gasteiger partial charge in [0.2, 0.25) is 5.91 Å². The van der Waals surface area contributed by atoms with Crippen molar-refractivity contribution in [3.8, 4) is 0 Å². The molecular weight excluding hydrogens is 280 g/mol. The minimum atomic E-state index is -1.00. The monoisotopic (exact) mass is 292 g/mol. The molecule has 0 spiro atoms. The molecule has 1 aromatic rings. The number of carbonyl (C=O) groups is 2. The molecule has 1 atom stereocenters. The minimum Gasteiger partial charge on any atom is -0.481 e. The van der Waals surface area contributed by atoms with Crippen LogP contribution in [0.2, 0.25) is 5.02 Å². The molecule has 2 N–H and O–H groups in total. The number of carboxylic acids is 1. The predicted octanol–water partition coefficient (Wildman–Crippen LogP) is 2.63. The van der Waals surface area contributed by atoms with E-state index < -0.39 is 5.97 Å². The normalized spacial score (nSPS) is 16.9. The average Bonchev–Trinajstić information content (AvgIpc) is 2.69. The Morgan fingerprint density at radius 2 is 2.25 bits per heavy atom. The maximum atomic E-state index is 11.1. The summed E-state index contributed by atoms with van der Waals surface area (Å²) in [6, 6.07) is 5.35. The molecule has 0 radical (unpaired) electrons. The highest BCUT2D eigenvalue weighted by Crippen LogP contribution is 2.35. The zero-order valence-electron chi connectivity index (χ0n) is 10.8. The average molecular weight is 293 g/mol. The lowest BCUT2D eigenvalue weighted by Gasteiger charge is -2.09. The molecule has 1 unspecified atom stereocenters. The van der Waals surface area contributed by atoms with Crippen LogP contribution in [0.3, 0.4) is 0 Å². The minimum absolute atomic E-state index is 0.163. The largest absolute Gasteiger partial charge is 0.481 e. The number of aliphatic carboxylic acids is 1. The van der Waals surface area contributed by atoms with Crippen molar-refractivity contribution in [2.45, 2.75) is 19.3 Å². The number of carboxylic acid groups (broad SMARTS) is 1. The fourth-order valence-corrected chi connectivity index (χ4v) is 2.20. The van der Waals surface area contributed by atoms with Gasteiger partial charge in [0.1, 0.15) is 0 Å². The summed E-state index contributed by atoms with van der Waals surface area (Å²) in [5.74, 6) is -1.47. The van der Waals surface area contributed by atoms with Crippen LogP contribution >= 0.6 is 11.6 Å². The third-order valence-corrected chi connectivity index (χ3v) is 3.02. The van der Waals surface area contributed by atoms with Gasteiger partial charge in [0, 0.05) is 29.8 Å². The SMILES string of the molecule is CC(=O)N/C(=C\C1C=Nc2cc(Cl)ccc21)CC(=O)O. The summed E-state index contributed by atoms with van der Waals surface area (Å²) < 4.78 is 0. The summed E-state index contributed by atoms with van der Waals surface area (Å²) in [4.78, 5) is 26.2. The fraction of sp³-hybridized carbons (Fsp3) is 0.214. The van der Waals surface area contributed by atoms with Gasteiger partial charge in [-0.2, -0.15) is 0 Å². The number of nitrogens with zero attached hydrogens (tertiary/aromatic N) is 1. The Bertz CT molecular complexity index is 605. The van der Waals surface area contributed by atoms with Crippen molar-refractivity contribution in [1.29, 1.82) is 0 Å². The van der Waals surface area contributed by atoms with Crippen molar-refractivity contribution in [2.24, 2.45) is 4.99 Å². The van der Waals surface area contributed by atoms with E-state index in [4.69, 9.17) is 16.7 Å². The van der Waals surface area contributed by atoms with Gasteiger partial charge in [0.05, 0.1) is 12.1 Å². The summed E-state index contributed by atoms with van der Waals surface area (Å²) in [5.41, 5.74) is 2.04. The van der Waals surface area contributed by atoms with Crippen LogP contribution in [0.15, 0.2) is 35.0 Å². The fourth-order valence-electron chi connectivity index (χ4n) is 2.03. The predicted molar refractivity (Wildman–Crippen MR) is 76.5 cm³/mol. The number of benzene rings is 1. The summed E-state index contributed by atoms with van der Waals surface area (Å²) in [6.45, 7) is 1.34. The molecule has 0 saturated carbocycles. The Kier molecular flexibility index (Phi) is 4.20. The van der Waals surface area contributed by atoms with Crippen LogP contribution in [-0.4, -0.2) is 23.2 Å². The van der Waals surface area contributed by atoms with Gasteiger partial charge in [-0.1, -0.05) is 23.7 Å². The van der Waals surface area contributed by atoms with E-state index in [-0.39, 0.29) is 18.2 Å². The van der Waals surface area contributed by atoms with Gasteiger partial charge in [0.25, 0.3) is 0 Å². The first kappa shape index (κ1) is 14.3. The first-order valence-corrected chi connectivity index (χ1v) is 6.37. The number of amides is 1. The highest BCUT2D eigenvalue weighted by atomic mass is 35.5. The van der Waals surface area contributed by atoms with Gasteiger partial charge < -0.3 is 10.4 Å². The lowest BCUT2D eigenvalue weighted by Crippen LogP contribution is -2.22. The van der Waals surface area contributed by atoms with E-state index in [2.05, 4.69) is 10.3 Å². The second-order valence-corrected chi connectivity index (χ2v) is 4.89. The summed E-state index contributed by atoms with van der Waals surface area (Å²) in [6.07, 6.45) is 3.15. The molecule has 20 heavy (non-hydrogen) atoms. The Morgan fingerprint density at radius 1 is 1.50 bits per heavy atom. The second-order valence-electron chi connectivity index (χ2n) is 4.45. The number of carbonyl (C=O) groups excluding carboxylic acids is 1. The van der Waals surface area contributed by atoms with Gasteiger partial charge >= 0.3 is 5.97 Å². The highest BCUT2D eigenvalue weighted by molar-refractivity contribution is 6.30. The highest BCUT2D eigenvalue weighted by Gasteiger charge is 2.18. The molecule has 0 bridgehead atoms. The number of hydrogen-bond acceptors (Lipinski definition) is 3. The lowest BCUT2D eigenvalue weighted by atomic mass is 9.99. The molecule has 0 aliphatic carbocycles. The van der Waals surface area contributed by atoms with Crippen LogP contribution in [0.4, 0.5) is 5.69 Å². The Balaban J connectivity index is 2.27. The zero-order chi connectivity index (χ0) is 14.7. The lowest BCUT2D eigenvalue weighted by molar-refractivity contribution is -0.136. The maximum absolute atomic E-state index is 11.1. The molecule has 1 amide bonds. The first-order chi connectivity index (χ1) is 9.45. The van der Waals surface area contributed by atoms with E-state index in [0.29, 0.717) is 10.7 Å². The number of allylic oxidation sites excluding steroid dienone is 1. The Hall–Kier alpha value is -2.14. The van der Waals surface area contributed by atoms with E-state index >= 15 is 0 Å². The second kappa shape index (κ2) is 5.88. The molecule has 1 heterocycles. The quantitative estimate of drug-likeness (QED) is 0.895. The van der Waals surface area contributed by atoms with E-state index in [1.54, 1.807) is 24.4 Å². The molecule has 1 aromatic carbocycles. The number of halogens is 1. The third kappa shape index (κ3) is 3.45. The molecular formula is C14H13ClN2O3. The molecule has 0 aromatic heterocycles. The van der Waals surface area contributed by atoms with Crippen molar-refractivity contribution in [1.82, 2.24) is 5.32 Å². The van der Waals surface area contributed by atoms with Crippen molar-refractivity contribution >= 4 is 35.4 Å². The number of hydrogen-bond donors (Lipinski definition) is 2. The van der Waals surface area contributed by atoms with E-state index in [9.17, 15) is 9.59 Å². The molecule has 104 valence electrons. The molecule has 0 saturated heterocycles. The Morgan fingerprint density at radius 3 is 2.90 bits per heavy atom. The zero-order valence-corrected chi connectivity index (χ0v) is 11.5. The summed E-state index contributed by atoms with van der Waals surface area (Å²) >= 11 is 5.89. The van der Waals surface area contributed by atoms with E-state index in [0.717, 1.165) is 11.3 Å². The van der Waals surface area contributed by atoms with Crippen LogP contribution < -0.4 is 5.32 Å². The first-order valence-electron chi connectivity index (χ1n) is 5.99. The molecule has 1 aliphatic rings. The number of aliphatic imine (C=N–C) groups is 1. The molecule has 1 aliphatic heterocycles. The smallest absolute Gasteiger partial charge is 0.309 e. The van der Waals surface area contributed by atoms with Crippen molar-refractivity contribution in [3.63, 3.8) is 0 Å². The van der Waals surface area contributed by atoms with Crippen LogP contribution in [0, 0.1) is 0 Å². The molecule has 5 nitrogen and oxygen atoms in total. The standard InChI is InChI=1S/C14H13ClN2O3/c1-8(18)17-11(6-14(19)20)4-9-7-16-13-5-10(15)2-3-12(9)13/h2-5,7,9H,6H2,1H3,(H,17,18)(H,19,20)/b11-4-. The van der Waals surface area contributed by atoms with Gasteiger partial charge in [-0.15, -0.1) is 0 Å². The van der Waals surface area contributed by atoms with Gasteiger partial charge in [-0.25, -0.2) is 0 Å². The van der Waals surface area contributed by atoms with Crippen LogP contribution in [0.1, 0.15) is 24.8 Å². The Labute approximate surface area is 121 Å². The van der Waals surface area contributed by atoms with Crippen LogP contribution in [0.25, 0.3) is 0 Å². The van der Waals surface area contributed by atoms with Gasteiger partial charge in [-0.3, -0.25) is 14.6 Å². The number of rotatable bonds is 4. The maximum Gasteiger partial charge on any atom is 0.309 e. The summed E-state index contributed by atoms with van der Waals surface area (Å²) in [5, 5.41) is 12.0.